The summed E-state index contributed by atoms with van der Waals surface area (Å²) in [5.74, 6) is -1.48. The predicted octanol–water partition coefficient (Wildman–Crippen LogP) is 3.56. The molecule has 0 radical (unpaired) electrons. The van der Waals surface area contributed by atoms with E-state index in [9.17, 15) is 8.78 Å². The van der Waals surface area contributed by atoms with E-state index in [1.54, 1.807) is 10.8 Å². The van der Waals surface area contributed by atoms with Crippen molar-refractivity contribution in [2.75, 3.05) is 0 Å². The molecular formula is C20H21F2N5. The maximum atomic E-state index is 14.0. The number of rotatable bonds is 5. The molecule has 2 aromatic rings. The minimum Gasteiger partial charge on any atom is -0.401 e. The number of aryl methyl sites for hydroxylation is 1. The van der Waals surface area contributed by atoms with E-state index in [1.807, 2.05) is 12.3 Å². The third kappa shape index (κ3) is 4.00. The SMILES string of the molecule is N#CCCn1ccc(C2CCCC(/C=C(\N)c3c(F)cccc3F)=C2N)n1. The van der Waals surface area contributed by atoms with Gasteiger partial charge in [-0.2, -0.15) is 10.4 Å². The number of aromatic nitrogens is 2. The lowest BCUT2D eigenvalue weighted by Gasteiger charge is -2.24. The molecule has 5 nitrogen and oxygen atoms in total. The highest BCUT2D eigenvalue weighted by Gasteiger charge is 2.24. The number of nitriles is 1. The first-order valence-electron chi connectivity index (χ1n) is 8.81. The summed E-state index contributed by atoms with van der Waals surface area (Å²) in [6.07, 6.45) is 6.18. The number of hydrogen-bond acceptors (Lipinski definition) is 4. The maximum absolute atomic E-state index is 14.0. The van der Waals surface area contributed by atoms with Crippen LogP contribution in [0, 0.1) is 23.0 Å². The highest BCUT2D eigenvalue weighted by Crippen LogP contribution is 2.35. The Morgan fingerprint density at radius 3 is 2.78 bits per heavy atom. The average Bonchev–Trinajstić information content (AvgIpc) is 3.10. The van der Waals surface area contributed by atoms with Gasteiger partial charge in [0.1, 0.15) is 11.6 Å². The zero-order valence-corrected chi connectivity index (χ0v) is 14.8. The Morgan fingerprint density at radius 1 is 1.33 bits per heavy atom. The van der Waals surface area contributed by atoms with E-state index in [2.05, 4.69) is 11.2 Å². The van der Waals surface area contributed by atoms with E-state index in [4.69, 9.17) is 16.7 Å². The van der Waals surface area contributed by atoms with E-state index in [0.717, 1.165) is 24.1 Å². The fraction of sp³-hybridized carbons (Fsp3) is 0.300. The van der Waals surface area contributed by atoms with Gasteiger partial charge >= 0.3 is 0 Å². The van der Waals surface area contributed by atoms with Crippen LogP contribution >= 0.6 is 0 Å². The third-order valence-electron chi connectivity index (χ3n) is 4.74. The Bertz CT molecular complexity index is 916. The molecule has 0 saturated heterocycles. The minimum atomic E-state index is -0.702. The fourth-order valence-electron chi connectivity index (χ4n) is 3.37. The molecule has 1 aromatic carbocycles. The van der Waals surface area contributed by atoms with Gasteiger partial charge in [-0.25, -0.2) is 8.78 Å². The standard InChI is InChI=1S/C20H21F2N5/c21-15-6-2-7-16(22)19(15)17(24)12-13-4-1-5-14(20(13)25)18-8-11-27(26-18)10-3-9-23/h2,6-8,11-12,14H,1,3-5,10,24-25H2/b17-12-. The van der Waals surface area contributed by atoms with Gasteiger partial charge < -0.3 is 11.5 Å². The summed E-state index contributed by atoms with van der Waals surface area (Å²) >= 11 is 0. The van der Waals surface area contributed by atoms with Gasteiger partial charge in [-0.1, -0.05) is 6.07 Å². The van der Waals surface area contributed by atoms with Gasteiger partial charge in [-0.15, -0.1) is 0 Å². The summed E-state index contributed by atoms with van der Waals surface area (Å²) < 4.78 is 29.6. The molecule has 0 bridgehead atoms. The Kier molecular flexibility index (Phi) is 5.55. The quantitative estimate of drug-likeness (QED) is 0.843. The minimum absolute atomic E-state index is 0.0174. The molecule has 7 heteroatoms. The normalized spacial score (nSPS) is 17.8. The van der Waals surface area contributed by atoms with Gasteiger partial charge in [-0.05, 0) is 49.1 Å². The second-order valence-electron chi connectivity index (χ2n) is 6.53. The van der Waals surface area contributed by atoms with Crippen molar-refractivity contribution in [3.8, 4) is 6.07 Å². The zero-order chi connectivity index (χ0) is 19.4. The summed E-state index contributed by atoms with van der Waals surface area (Å²) in [4.78, 5) is 0. The lowest BCUT2D eigenvalue weighted by atomic mass is 9.84. The average molecular weight is 369 g/mol. The molecule has 1 heterocycles. The van der Waals surface area contributed by atoms with E-state index in [0.29, 0.717) is 25.1 Å². The number of benzene rings is 1. The Morgan fingerprint density at radius 2 is 2.07 bits per heavy atom. The van der Waals surface area contributed by atoms with Gasteiger partial charge in [0, 0.05) is 23.5 Å². The topological polar surface area (TPSA) is 93.6 Å². The van der Waals surface area contributed by atoms with Crippen molar-refractivity contribution in [3.63, 3.8) is 0 Å². The highest BCUT2D eigenvalue weighted by atomic mass is 19.1. The number of halogens is 2. The lowest BCUT2D eigenvalue weighted by molar-refractivity contribution is 0.562. The van der Waals surface area contributed by atoms with Crippen LogP contribution in [0.4, 0.5) is 8.78 Å². The molecule has 0 aliphatic heterocycles. The van der Waals surface area contributed by atoms with E-state index in [-0.39, 0.29) is 17.2 Å². The van der Waals surface area contributed by atoms with Crippen LogP contribution in [0.3, 0.4) is 0 Å². The molecular weight excluding hydrogens is 348 g/mol. The molecule has 1 aromatic heterocycles. The second kappa shape index (κ2) is 8.04. The number of nitrogens with two attached hydrogens (primary N) is 2. The van der Waals surface area contributed by atoms with Crippen LogP contribution in [0.5, 0.6) is 0 Å². The molecule has 0 amide bonds. The molecule has 27 heavy (non-hydrogen) atoms. The summed E-state index contributed by atoms with van der Waals surface area (Å²) in [7, 11) is 0. The van der Waals surface area contributed by atoms with Crippen LogP contribution in [0.2, 0.25) is 0 Å². The first-order chi connectivity index (χ1) is 13.0. The van der Waals surface area contributed by atoms with Gasteiger partial charge in [-0.3, -0.25) is 4.68 Å². The molecule has 1 aliphatic carbocycles. The number of allylic oxidation sites excluding steroid dienone is 3. The summed E-state index contributed by atoms with van der Waals surface area (Å²) in [6, 6.07) is 7.63. The summed E-state index contributed by atoms with van der Waals surface area (Å²) in [5.41, 5.74) is 14.3. The number of hydrogen-bond donors (Lipinski definition) is 2. The summed E-state index contributed by atoms with van der Waals surface area (Å²) in [6.45, 7) is 0.527. The molecule has 4 N–H and O–H groups in total. The third-order valence-corrected chi connectivity index (χ3v) is 4.74. The molecule has 1 aliphatic rings. The van der Waals surface area contributed by atoms with Crippen molar-refractivity contribution in [2.24, 2.45) is 11.5 Å². The van der Waals surface area contributed by atoms with Crippen LogP contribution in [-0.4, -0.2) is 9.78 Å². The van der Waals surface area contributed by atoms with E-state index < -0.39 is 11.6 Å². The lowest BCUT2D eigenvalue weighted by Crippen LogP contribution is -2.18. The smallest absolute Gasteiger partial charge is 0.135 e. The van der Waals surface area contributed by atoms with E-state index >= 15 is 0 Å². The van der Waals surface area contributed by atoms with Crippen LogP contribution < -0.4 is 11.5 Å². The molecule has 3 rings (SSSR count). The molecule has 0 fully saturated rings. The van der Waals surface area contributed by atoms with Crippen molar-refractivity contribution >= 4 is 5.70 Å². The van der Waals surface area contributed by atoms with E-state index in [1.165, 1.54) is 18.2 Å². The zero-order valence-electron chi connectivity index (χ0n) is 14.8. The van der Waals surface area contributed by atoms with Crippen molar-refractivity contribution in [3.05, 3.63) is 70.7 Å². The van der Waals surface area contributed by atoms with Crippen LogP contribution in [0.15, 0.2) is 47.8 Å². The molecule has 0 spiro atoms. The fourth-order valence-corrected chi connectivity index (χ4v) is 3.37. The number of nitrogens with zero attached hydrogens (tertiary/aromatic N) is 3. The van der Waals surface area contributed by atoms with Crippen molar-refractivity contribution in [1.29, 1.82) is 5.26 Å². The van der Waals surface area contributed by atoms with Crippen molar-refractivity contribution in [1.82, 2.24) is 9.78 Å². The first kappa shape index (κ1) is 18.6. The van der Waals surface area contributed by atoms with Crippen LogP contribution in [0.1, 0.15) is 42.9 Å². The van der Waals surface area contributed by atoms with Crippen molar-refractivity contribution < 1.29 is 8.78 Å². The van der Waals surface area contributed by atoms with Gasteiger partial charge in [0.15, 0.2) is 0 Å². The monoisotopic (exact) mass is 369 g/mol. The van der Waals surface area contributed by atoms with Gasteiger partial charge in [0.25, 0.3) is 0 Å². The molecule has 1 unspecified atom stereocenters. The van der Waals surface area contributed by atoms with Crippen LogP contribution in [0.25, 0.3) is 5.70 Å². The molecule has 0 saturated carbocycles. The largest absolute Gasteiger partial charge is 0.401 e. The maximum Gasteiger partial charge on any atom is 0.135 e. The molecule has 140 valence electrons. The predicted molar refractivity (Wildman–Crippen MR) is 98.8 cm³/mol. The Balaban J connectivity index is 1.90. The summed E-state index contributed by atoms with van der Waals surface area (Å²) in [5, 5.41) is 13.2. The first-order valence-corrected chi connectivity index (χ1v) is 8.81. The Labute approximate surface area is 156 Å². The highest BCUT2D eigenvalue weighted by molar-refractivity contribution is 5.67. The van der Waals surface area contributed by atoms with Gasteiger partial charge in [0.2, 0.25) is 0 Å². The second-order valence-corrected chi connectivity index (χ2v) is 6.53. The van der Waals surface area contributed by atoms with Crippen LogP contribution in [-0.2, 0) is 6.54 Å². The molecule has 1 atom stereocenters. The van der Waals surface area contributed by atoms with Crippen molar-refractivity contribution in [2.45, 2.75) is 38.1 Å². The van der Waals surface area contributed by atoms with Gasteiger partial charge in [0.05, 0.1) is 30.3 Å². The Hall–Kier alpha value is -3.14.